The summed E-state index contributed by atoms with van der Waals surface area (Å²) in [6.45, 7) is 13.7. The van der Waals surface area contributed by atoms with Gasteiger partial charge in [0.05, 0.1) is 0 Å². The van der Waals surface area contributed by atoms with Crippen LogP contribution in [0.3, 0.4) is 0 Å². The molecule has 0 saturated carbocycles. The van der Waals surface area contributed by atoms with Crippen molar-refractivity contribution in [2.24, 2.45) is 10.8 Å². The first-order chi connectivity index (χ1) is 21.1. The van der Waals surface area contributed by atoms with Crippen LogP contribution in [0.2, 0.25) is 38.3 Å². The zero-order chi connectivity index (χ0) is 33.0. The fraction of sp³-hybridized carbons (Fsp3) is 1.00. The summed E-state index contributed by atoms with van der Waals surface area (Å²) in [7, 11) is -2.53. The van der Waals surface area contributed by atoms with Gasteiger partial charge in [0.2, 0.25) is 0 Å². The van der Waals surface area contributed by atoms with E-state index in [0.717, 1.165) is 0 Å². The minimum Gasteiger partial charge on any atom is -1.00 e. The van der Waals surface area contributed by atoms with Gasteiger partial charge in [-0.1, -0.05) is 246 Å². The largest absolute Gasteiger partial charge is 2.00 e. The van der Waals surface area contributed by atoms with E-state index >= 15 is 0 Å². The van der Waals surface area contributed by atoms with Crippen molar-refractivity contribution in [2.75, 3.05) is 0 Å². The average molecular weight is 921 g/mol. The van der Waals surface area contributed by atoms with E-state index in [0.29, 0.717) is 0 Å². The van der Waals surface area contributed by atoms with Crippen LogP contribution < -0.4 is 35.6 Å². The maximum absolute atomic E-state index is 6.13. The summed E-state index contributed by atoms with van der Waals surface area (Å²) in [4.78, 5) is 0. The average Bonchev–Trinajstić information content (AvgIpc) is 2.96. The van der Waals surface area contributed by atoms with Crippen molar-refractivity contribution in [2.45, 2.75) is 258 Å². The molecule has 7 heteroatoms. The summed E-state index contributed by atoms with van der Waals surface area (Å²) in [5, 5.41) is 12.3. The summed E-state index contributed by atoms with van der Waals surface area (Å²) in [5.41, 5.74) is 0. The Morgan fingerprint density at radius 3 is 0.532 bits per heavy atom. The van der Waals surface area contributed by atoms with Crippen molar-refractivity contribution in [3.05, 3.63) is 0 Å². The second kappa shape index (κ2) is 45.6. The van der Waals surface area contributed by atoms with Gasteiger partial charge >= 0.3 is 21.1 Å². The second-order valence-electron chi connectivity index (χ2n) is 16.1. The predicted octanol–water partition coefficient (Wildman–Crippen LogP) is 8.83. The van der Waals surface area contributed by atoms with Crippen molar-refractivity contribution in [1.29, 1.82) is 0 Å². The third-order valence-corrected chi connectivity index (χ3v) is 12.6. The van der Waals surface area contributed by atoms with Gasteiger partial charge in [-0.25, -0.2) is 0 Å². The third-order valence-electron chi connectivity index (χ3n) is 9.35. The van der Waals surface area contributed by atoms with Crippen LogP contribution in [-0.4, -0.2) is 16.5 Å². The van der Waals surface area contributed by atoms with Crippen molar-refractivity contribution < 1.29 is 45.9 Å². The van der Waals surface area contributed by atoms with Crippen LogP contribution in [0, 0.1) is 0 Å². The van der Waals surface area contributed by atoms with Gasteiger partial charge in [-0.15, -0.1) is 0 Å². The quantitative estimate of drug-likeness (QED) is 0.0501. The number of hydrogen-bond donors (Lipinski definition) is 2. The maximum Gasteiger partial charge on any atom is 2.00 e. The summed E-state index contributed by atoms with van der Waals surface area (Å²) < 4.78 is 0. The second-order valence-corrected chi connectivity index (χ2v) is 25.0. The summed E-state index contributed by atoms with van der Waals surface area (Å²) >= 11 is 0. The van der Waals surface area contributed by atoms with E-state index < -0.39 is 16.5 Å². The van der Waals surface area contributed by atoms with Gasteiger partial charge in [-0.3, -0.25) is 0 Å². The van der Waals surface area contributed by atoms with Gasteiger partial charge in [0.1, 0.15) is 16.5 Å². The Balaban J connectivity index is -0.000000235. The van der Waals surface area contributed by atoms with Crippen molar-refractivity contribution in [3.63, 3.8) is 0 Å². The number of halogens is 2. The van der Waals surface area contributed by atoms with Gasteiger partial charge in [-0.2, -0.15) is 0 Å². The summed E-state index contributed by atoms with van der Waals surface area (Å²) in [6.07, 6.45) is 46.3. The molecule has 0 aromatic rings. The third kappa shape index (κ3) is 63.1. The summed E-state index contributed by atoms with van der Waals surface area (Å²) in [5.74, 6) is 0. The molecule has 0 spiro atoms. The number of unbranched alkanes of at least 4 members (excludes halogenated alkanes) is 30. The number of rotatable bonds is 34. The Kier molecular flexibility index (Phi) is 56.3. The molecule has 0 aromatic carbocycles. The van der Waals surface area contributed by atoms with Crippen LogP contribution >= 0.6 is 0 Å². The predicted molar refractivity (Wildman–Crippen MR) is 212 cm³/mol. The zero-order valence-electron chi connectivity index (χ0n) is 33.3. The monoisotopic (exact) mass is 920 g/mol. The first kappa shape index (κ1) is 57.9. The maximum atomic E-state index is 6.13. The Hall–Kier alpha value is 1.62. The molecule has 0 rings (SSSR count). The van der Waals surface area contributed by atoms with E-state index in [4.69, 9.17) is 10.8 Å². The molecule has 0 aromatic heterocycles. The van der Waals surface area contributed by atoms with Crippen molar-refractivity contribution in [3.8, 4) is 0 Å². The molecule has 0 saturated heterocycles. The minimum absolute atomic E-state index is 0. The molecule has 0 amide bonds. The summed E-state index contributed by atoms with van der Waals surface area (Å²) in [6, 6.07) is 2.62. The van der Waals surface area contributed by atoms with E-state index in [2.05, 4.69) is 40.0 Å². The fourth-order valence-corrected chi connectivity index (χ4v) is 8.58. The smallest absolute Gasteiger partial charge is 1.00 e. The molecule has 47 heavy (non-hydrogen) atoms. The fourth-order valence-electron chi connectivity index (χ4n) is 6.26. The van der Waals surface area contributed by atoms with Crippen molar-refractivity contribution >= 4 is 16.5 Å². The molecule has 0 fully saturated rings. The van der Waals surface area contributed by atoms with E-state index in [1.807, 2.05) is 0 Å². The van der Waals surface area contributed by atoms with Gasteiger partial charge in [0, 0.05) is 0 Å². The molecule has 292 valence electrons. The molecule has 2 nitrogen and oxygen atoms in total. The van der Waals surface area contributed by atoms with Crippen LogP contribution in [0.15, 0.2) is 0 Å². The molecule has 4 N–H and O–H groups in total. The molecule has 0 unspecified atom stereocenters. The van der Waals surface area contributed by atoms with Crippen LogP contribution in [-0.2, 0) is 21.1 Å². The van der Waals surface area contributed by atoms with E-state index in [1.54, 1.807) is 0 Å². The minimum atomic E-state index is -1.26. The zero-order valence-corrected chi connectivity index (χ0v) is 39.1. The van der Waals surface area contributed by atoms with E-state index in [-0.39, 0.29) is 45.9 Å². The van der Waals surface area contributed by atoms with Gasteiger partial charge in [0.25, 0.3) is 0 Å². The Labute approximate surface area is 328 Å². The molecule has 0 aliphatic carbocycles. The molecule has 0 heterocycles. The molecule has 0 radical (unpaired) electrons. The first-order valence-electron chi connectivity index (χ1n) is 20.7. The van der Waals surface area contributed by atoms with Gasteiger partial charge in [0.15, 0.2) is 0 Å². The van der Waals surface area contributed by atoms with Gasteiger partial charge < -0.3 is 35.6 Å². The van der Waals surface area contributed by atoms with Gasteiger partial charge in [-0.05, 0) is 12.1 Å². The normalized spacial score (nSPS) is 11.2. The van der Waals surface area contributed by atoms with Crippen molar-refractivity contribution in [1.82, 2.24) is 0 Å². The standard InChI is InChI=1S/2C20H45NSi.2ClH.Pt/c2*1-4-5-6-7-8-9-10-11-12-13-14-15-16-17-18-19-20-22(2,3)21;;;/h2*4-21H2,1-3H3;2*1H;/q;;;;+2/p-2. The molecular formula is C40H90Cl2N2PtSi2. The molecule has 0 bridgehead atoms. The molecule has 0 atom stereocenters. The van der Waals surface area contributed by atoms with Crippen LogP contribution in [0.25, 0.3) is 0 Å². The van der Waals surface area contributed by atoms with E-state index in [1.165, 1.54) is 218 Å². The van der Waals surface area contributed by atoms with Crippen LogP contribution in [0.4, 0.5) is 0 Å². The Morgan fingerprint density at radius 1 is 0.277 bits per heavy atom. The van der Waals surface area contributed by atoms with Crippen LogP contribution in [0.5, 0.6) is 0 Å². The number of hydrogen-bond acceptors (Lipinski definition) is 2. The SMILES string of the molecule is CCCCCCCCCCCCCCCCCC[Si](C)(C)N.CCCCCCCCCCCCCCCCCC[Si](C)(C)N.[Cl-].[Cl-].[Pt+2]. The Morgan fingerprint density at radius 2 is 0.404 bits per heavy atom. The number of nitrogens with two attached hydrogens (primary N) is 2. The topological polar surface area (TPSA) is 52.0 Å². The molecule has 0 aliphatic rings. The molecule has 0 aliphatic heterocycles. The molecular weight excluding hydrogens is 831 g/mol. The van der Waals surface area contributed by atoms with Crippen LogP contribution in [0.1, 0.15) is 219 Å². The first-order valence-corrected chi connectivity index (χ1v) is 27.3. The Bertz CT molecular complexity index is 485. The van der Waals surface area contributed by atoms with E-state index in [9.17, 15) is 0 Å².